The quantitative estimate of drug-likeness (QED) is 0.0396. The van der Waals surface area contributed by atoms with Gasteiger partial charge in [0.1, 0.15) is 65.3 Å². The van der Waals surface area contributed by atoms with Crippen LogP contribution in [0.4, 0.5) is 5.69 Å². The molecular weight excluding hydrogens is 1430 g/mol. The number of rotatable bonds is 17. The Kier molecular flexibility index (Phi) is 29.2. The number of esters is 1. The number of carbonyl (C=O) groups is 13. The number of phenols is 2. The number of nitrogens with zero attached hydrogens (tertiary/aromatic N) is 5. The number of primary amides is 1. The van der Waals surface area contributed by atoms with Crippen molar-refractivity contribution in [2.45, 2.75) is 216 Å². The molecule has 10 amide bonds. The van der Waals surface area contributed by atoms with Crippen LogP contribution in [-0.2, 0) is 67.9 Å². The van der Waals surface area contributed by atoms with E-state index in [9.17, 15) is 87.9 Å². The molecule has 0 bridgehead atoms. The van der Waals surface area contributed by atoms with Crippen LogP contribution in [0.3, 0.4) is 0 Å². The van der Waals surface area contributed by atoms with Gasteiger partial charge in [-0.1, -0.05) is 37.8 Å². The van der Waals surface area contributed by atoms with Crippen LogP contribution in [-0.4, -0.2) is 233 Å². The first-order chi connectivity index (χ1) is 52.1. The van der Waals surface area contributed by atoms with Crippen LogP contribution >= 0.6 is 12.2 Å². The predicted octanol–water partition coefficient (Wildman–Crippen LogP) is 3.78. The Bertz CT molecular complexity index is 3900. The molecule has 33 heteroatoms. The number of amides is 10. The summed E-state index contributed by atoms with van der Waals surface area (Å²) in [6.45, 7) is 2.41. The number of fused-ring (bicyclic) bond motifs is 9. The van der Waals surface area contributed by atoms with Crippen molar-refractivity contribution < 1.29 is 97.3 Å². The molecule has 0 saturated carbocycles. The van der Waals surface area contributed by atoms with Crippen molar-refractivity contribution in [1.82, 2.24) is 51.1 Å². The van der Waals surface area contributed by atoms with Gasteiger partial charge in [-0.3, -0.25) is 57.5 Å². The molecule has 1 spiro atoms. The topological polar surface area (TPSA) is 456 Å². The summed E-state index contributed by atoms with van der Waals surface area (Å²) >= 11 is 5.69. The van der Waals surface area contributed by atoms with E-state index in [-0.39, 0.29) is 117 Å². The van der Waals surface area contributed by atoms with Crippen molar-refractivity contribution in [3.8, 4) is 23.0 Å². The van der Waals surface area contributed by atoms with Crippen LogP contribution in [0.2, 0.25) is 0 Å². The number of carboxylic acids is 2. The van der Waals surface area contributed by atoms with Gasteiger partial charge in [-0.15, -0.1) is 0 Å². The standard InChI is InChI=1S/C76H100N12O20S/c1-45-70(102)87-38-19-22-58(87)73(105)88-39-18-21-57(88)72(104)85(44-62(93)81-54(67(77)99)30-32-64(95)96)36-16-12-10-8-6-4-3-5-7-9-11-15-35-84(43-61(92)82-55(31-33-65(97)98)71(103)86-37-17-20-56(86)68(100)83-66(46(2)89)69(101)79-45)63(94)23-13-14-34-78-75(109)80-47-24-27-50-53(40-47)76(108-74(50)106)51-28-25-48(90)41-59(51)107-60-42-49(91)26-29-52(60)76/h3-4,24-29,40-42,45-46,54-58,66,89-91H,5-23,30-39,43-44H2,1-2H3,(H2,77,99)(H,79,101)(H,81,93)(H,82,92)(H,83,100)(H,95,96)(H,97,98)(H2,78,80,109)/t45-,46+,54-,55-,56-,57-,58-,66-/m0/s1. The van der Waals surface area contributed by atoms with Crippen LogP contribution < -0.4 is 42.4 Å². The van der Waals surface area contributed by atoms with E-state index in [0.29, 0.717) is 80.3 Å². The number of phenolic OH excluding ortho intramolecular Hbond substituents is 2. The Labute approximate surface area is 636 Å². The van der Waals surface area contributed by atoms with Gasteiger partial charge in [0.25, 0.3) is 0 Å². The summed E-state index contributed by atoms with van der Waals surface area (Å²) in [5.41, 5.74) is 6.11. The molecule has 6 aliphatic heterocycles. The van der Waals surface area contributed by atoms with Crippen molar-refractivity contribution in [3.63, 3.8) is 0 Å². The number of carbonyl (C=O) groups excluding carboxylic acids is 11. The number of hydrogen-bond acceptors (Lipinski definition) is 19. The lowest BCUT2D eigenvalue weighted by molar-refractivity contribution is -0.150. The summed E-state index contributed by atoms with van der Waals surface area (Å²) in [7, 11) is 0. The molecule has 0 radical (unpaired) electrons. The normalized spacial score (nSPS) is 22.8. The lowest BCUT2D eigenvalue weighted by Crippen LogP contribution is -2.61. The Morgan fingerprint density at radius 1 is 0.642 bits per heavy atom. The number of aliphatic hydroxyl groups is 1. The number of aliphatic hydroxyl groups excluding tert-OH is 1. The number of thiocarbonyl (C=S) groups is 1. The van der Waals surface area contributed by atoms with Gasteiger partial charge in [0.2, 0.25) is 59.1 Å². The molecule has 9 rings (SSSR count). The highest BCUT2D eigenvalue weighted by molar-refractivity contribution is 7.80. The molecule has 13 N–H and O–H groups in total. The van der Waals surface area contributed by atoms with Gasteiger partial charge in [-0.2, -0.15) is 0 Å². The second kappa shape index (κ2) is 38.6. The number of nitrogens with two attached hydrogens (primary N) is 1. The molecule has 3 aromatic rings. The first kappa shape index (κ1) is 82.6. The van der Waals surface area contributed by atoms with Crippen LogP contribution in [0.25, 0.3) is 0 Å². The van der Waals surface area contributed by atoms with Gasteiger partial charge >= 0.3 is 17.9 Å². The predicted molar refractivity (Wildman–Crippen MR) is 397 cm³/mol. The zero-order valence-corrected chi connectivity index (χ0v) is 62.3. The third-order valence-electron chi connectivity index (χ3n) is 20.6. The van der Waals surface area contributed by atoms with Crippen LogP contribution in [0.5, 0.6) is 23.0 Å². The van der Waals surface area contributed by atoms with Crippen molar-refractivity contribution >= 4 is 100.0 Å². The molecule has 590 valence electrons. The average molecular weight is 1530 g/mol. The van der Waals surface area contributed by atoms with E-state index in [1.54, 1.807) is 30.3 Å². The number of aliphatic carboxylic acids is 2. The van der Waals surface area contributed by atoms with Crippen LogP contribution in [0, 0.1) is 0 Å². The molecule has 3 fully saturated rings. The zero-order chi connectivity index (χ0) is 78.6. The third-order valence-corrected chi connectivity index (χ3v) is 20.9. The maximum absolute atomic E-state index is 14.6. The highest BCUT2D eigenvalue weighted by Crippen LogP contribution is 2.57. The summed E-state index contributed by atoms with van der Waals surface area (Å²) in [6, 6.07) is 4.71. The maximum atomic E-state index is 14.6. The lowest BCUT2D eigenvalue weighted by atomic mass is 9.77. The number of hydrogen-bond donors (Lipinski definition) is 12. The maximum Gasteiger partial charge on any atom is 0.340 e. The second-order valence-electron chi connectivity index (χ2n) is 28.6. The number of anilines is 1. The fourth-order valence-corrected chi connectivity index (χ4v) is 15.2. The number of allylic oxidation sites excluding steroid dienone is 2. The number of ether oxygens (including phenoxy) is 2. The zero-order valence-electron chi connectivity index (χ0n) is 61.5. The minimum absolute atomic E-state index is 0.00458. The lowest BCUT2D eigenvalue weighted by Gasteiger charge is -2.36. The first-order valence-electron chi connectivity index (χ1n) is 37.7. The van der Waals surface area contributed by atoms with E-state index < -0.39 is 151 Å². The van der Waals surface area contributed by atoms with Crippen LogP contribution in [0.15, 0.2) is 66.7 Å². The fraction of sp³-hybridized carbons (Fsp3) is 0.553. The summed E-state index contributed by atoms with van der Waals surface area (Å²) in [5, 5.41) is 67.5. The second-order valence-corrected chi connectivity index (χ2v) is 29.0. The number of unbranched alkanes of at least 4 members (excludes halogenated alkanes) is 1. The van der Waals surface area contributed by atoms with E-state index in [0.717, 1.165) is 38.5 Å². The SMILES string of the molecule is C[C@@H]1NC(=O)[C@H]([C@@H](C)O)NC(=O)[C@@H]2CCCN2C(=O)[C@H](CCC(=O)O)NC(=O)CN(C(=O)CCCCNC(=S)Nc2ccc3c(c2)C2(OC3=O)c3ccc(O)cc3Oc3cc(O)ccc32)CCCCCCC=CCCCCCCN(CC(=O)N[C@@H](CCC(=O)O)C(N)=O)C(=O)[C@@H]2CCCN2C(=O)[C@@H]2CCCN2C1=O. The van der Waals surface area contributed by atoms with E-state index in [4.69, 9.17) is 27.4 Å². The Morgan fingerprint density at radius 3 is 1.84 bits per heavy atom. The molecule has 32 nitrogen and oxygen atoms in total. The summed E-state index contributed by atoms with van der Waals surface area (Å²) in [5.74, 6) is -10.1. The fourth-order valence-electron chi connectivity index (χ4n) is 15.0. The minimum atomic E-state index is -1.69. The monoisotopic (exact) mass is 1530 g/mol. The summed E-state index contributed by atoms with van der Waals surface area (Å²) in [6.07, 6.45) is 10.4. The molecule has 109 heavy (non-hydrogen) atoms. The van der Waals surface area contributed by atoms with Crippen molar-refractivity contribution in [1.29, 1.82) is 0 Å². The van der Waals surface area contributed by atoms with Crippen molar-refractivity contribution in [2.75, 3.05) is 57.7 Å². The van der Waals surface area contributed by atoms with Crippen molar-refractivity contribution in [3.05, 3.63) is 89.0 Å². The average Bonchev–Trinajstić information content (AvgIpc) is 1.59. The van der Waals surface area contributed by atoms with E-state index >= 15 is 0 Å². The molecule has 8 atom stereocenters. The van der Waals surface area contributed by atoms with Gasteiger partial charge < -0.3 is 97.1 Å². The first-order valence-corrected chi connectivity index (χ1v) is 38.1. The van der Waals surface area contributed by atoms with Gasteiger partial charge in [-0.05, 0) is 171 Å². The number of nitrogens with one attached hydrogen (secondary N) is 6. The van der Waals surface area contributed by atoms with Gasteiger partial charge in [0.05, 0.1) is 24.8 Å². The van der Waals surface area contributed by atoms with E-state index in [2.05, 4.69) is 44.1 Å². The molecule has 0 aromatic heterocycles. The Morgan fingerprint density at radius 2 is 1.23 bits per heavy atom. The molecule has 0 aliphatic carbocycles. The molecule has 3 aromatic carbocycles. The number of aromatic hydroxyl groups is 2. The van der Waals surface area contributed by atoms with Crippen molar-refractivity contribution in [2.24, 2.45) is 5.73 Å². The van der Waals surface area contributed by atoms with Gasteiger partial charge in [0, 0.05) is 93.0 Å². The summed E-state index contributed by atoms with van der Waals surface area (Å²) < 4.78 is 12.3. The Balaban J connectivity index is 0.861. The smallest absolute Gasteiger partial charge is 0.340 e. The molecular formula is C76H100N12O20S. The highest BCUT2D eigenvalue weighted by atomic mass is 32.1. The third kappa shape index (κ3) is 21.3. The number of carboxylic acid groups (broad SMARTS) is 2. The molecule has 3 saturated heterocycles. The largest absolute Gasteiger partial charge is 0.508 e. The molecule has 6 heterocycles. The molecule has 6 aliphatic rings. The van der Waals surface area contributed by atoms with Gasteiger partial charge in [0.15, 0.2) is 10.7 Å². The van der Waals surface area contributed by atoms with Crippen LogP contribution in [0.1, 0.15) is 189 Å². The highest BCUT2D eigenvalue weighted by Gasteiger charge is 2.54. The van der Waals surface area contributed by atoms with E-state index in [1.165, 1.54) is 62.6 Å². The summed E-state index contributed by atoms with van der Waals surface area (Å²) in [4.78, 5) is 184. The Hall–Kier alpha value is -10.4. The van der Waals surface area contributed by atoms with E-state index in [1.807, 2.05) is 0 Å². The van der Waals surface area contributed by atoms with Gasteiger partial charge in [-0.25, -0.2) is 4.79 Å². The minimum Gasteiger partial charge on any atom is -0.508 e. The number of benzene rings is 3. The molecule has 0 unspecified atom stereocenters.